The Labute approximate surface area is 260 Å². The Balaban J connectivity index is 4.24. The molecule has 0 aromatic heterocycles. The van der Waals surface area contributed by atoms with Gasteiger partial charge in [0.05, 0.1) is 12.7 Å². The van der Waals surface area contributed by atoms with Gasteiger partial charge in [-0.15, -0.1) is 0 Å². The molecule has 3 N–H and O–H groups in total. The third-order valence-corrected chi connectivity index (χ3v) is 7.25. The van der Waals surface area contributed by atoms with Gasteiger partial charge in [-0.05, 0) is 38.5 Å². The second-order valence-corrected chi connectivity index (χ2v) is 12.2. The van der Waals surface area contributed by atoms with Crippen LogP contribution in [0.4, 0.5) is 0 Å². The number of aliphatic hydroxyl groups excluding tert-OH is 1. The largest absolute Gasteiger partial charge is 0.469 e. The number of hydrogen-bond donors (Lipinski definition) is 3. The zero-order chi connectivity index (χ0) is 32.0. The summed E-state index contributed by atoms with van der Waals surface area (Å²) in [5.41, 5.74) is 0. The summed E-state index contributed by atoms with van der Waals surface area (Å²) in [7, 11) is -4.79. The van der Waals surface area contributed by atoms with E-state index in [1.807, 2.05) is 12.2 Å². The van der Waals surface area contributed by atoms with Crippen LogP contribution in [0.2, 0.25) is 0 Å². The first-order chi connectivity index (χ1) is 20.7. The fourth-order valence-corrected chi connectivity index (χ4v) is 4.62. The summed E-state index contributed by atoms with van der Waals surface area (Å²) in [6, 6.07) is 0. The highest BCUT2D eigenvalue weighted by molar-refractivity contribution is 7.46. The number of rotatable bonds is 29. The number of unbranched alkanes of at least 4 members (excludes halogenated alkanes) is 12. The van der Waals surface area contributed by atoms with Gasteiger partial charge >= 0.3 is 19.8 Å². The van der Waals surface area contributed by atoms with Crippen LogP contribution in [-0.4, -0.2) is 52.3 Å². The summed E-state index contributed by atoms with van der Waals surface area (Å²) in [5, 5.41) is 10.1. The fraction of sp³-hybridized carbons (Fsp3) is 0.758. The van der Waals surface area contributed by atoms with Gasteiger partial charge in [0, 0.05) is 12.8 Å². The number of phosphoric ester groups is 1. The molecular formula is C33H59O9P. The Kier molecular flexibility index (Phi) is 27.8. The van der Waals surface area contributed by atoms with Gasteiger partial charge in [0.1, 0.15) is 6.61 Å². The monoisotopic (exact) mass is 630 g/mol. The normalized spacial score (nSPS) is 13.7. The van der Waals surface area contributed by atoms with E-state index in [4.69, 9.17) is 19.3 Å². The lowest BCUT2D eigenvalue weighted by atomic mass is 10.1. The second kappa shape index (κ2) is 29.0. The smallest absolute Gasteiger partial charge is 0.462 e. The summed E-state index contributed by atoms with van der Waals surface area (Å²) in [4.78, 5) is 42.3. The first-order valence-corrected chi connectivity index (χ1v) is 17.9. The molecule has 9 nitrogen and oxygen atoms in total. The van der Waals surface area contributed by atoms with E-state index < -0.39 is 38.6 Å². The average Bonchev–Trinajstić information content (AvgIpc) is 2.96. The summed E-state index contributed by atoms with van der Waals surface area (Å²) < 4.78 is 26.0. The van der Waals surface area contributed by atoms with E-state index in [0.29, 0.717) is 19.3 Å². The number of ether oxygens (including phenoxy) is 2. The van der Waals surface area contributed by atoms with Crippen LogP contribution in [-0.2, 0) is 28.2 Å². The van der Waals surface area contributed by atoms with Gasteiger partial charge in [0.2, 0.25) is 0 Å². The quantitative estimate of drug-likeness (QED) is 0.0246. The van der Waals surface area contributed by atoms with Crippen molar-refractivity contribution in [3.05, 3.63) is 36.5 Å². The summed E-state index contributed by atoms with van der Waals surface area (Å²) >= 11 is 0. The standard InChI is InChI=1S/C33H59O9P/c1-3-5-7-9-11-12-13-14-15-16-18-19-21-24-30(34)25-23-27-33(36)42-31(29-41-43(37,38)39)28-40-32(35)26-22-20-17-10-8-6-4-2/h14-15,18-19,21,24,30-31,34H,3-13,16-17,20,22-23,25-29H2,1-2H3,(H2,37,38,39)/b15-14+,19-18+,24-21+/t30?,31-/m1/s1. The molecule has 0 heterocycles. The van der Waals surface area contributed by atoms with E-state index in [0.717, 1.165) is 32.1 Å². The van der Waals surface area contributed by atoms with Crippen LogP contribution in [0.3, 0.4) is 0 Å². The van der Waals surface area contributed by atoms with E-state index in [1.54, 1.807) is 12.2 Å². The molecule has 10 heteroatoms. The maximum Gasteiger partial charge on any atom is 0.469 e. The first-order valence-electron chi connectivity index (χ1n) is 16.4. The summed E-state index contributed by atoms with van der Waals surface area (Å²) in [6.07, 6.45) is 27.9. The Hall–Kier alpha value is -1.77. The third-order valence-electron chi connectivity index (χ3n) is 6.77. The van der Waals surface area contributed by atoms with Crippen LogP contribution in [0.1, 0.15) is 136 Å². The van der Waals surface area contributed by atoms with Crippen LogP contribution in [0, 0.1) is 0 Å². The summed E-state index contributed by atoms with van der Waals surface area (Å²) in [6.45, 7) is 3.43. The van der Waals surface area contributed by atoms with Gasteiger partial charge in [-0.25, -0.2) is 4.57 Å². The average molecular weight is 631 g/mol. The molecule has 0 aliphatic heterocycles. The lowest BCUT2D eigenvalue weighted by molar-refractivity contribution is -0.161. The van der Waals surface area contributed by atoms with E-state index in [-0.39, 0.29) is 19.4 Å². The molecule has 250 valence electrons. The van der Waals surface area contributed by atoms with Crippen LogP contribution in [0.5, 0.6) is 0 Å². The molecule has 0 aromatic carbocycles. The highest BCUT2D eigenvalue weighted by Crippen LogP contribution is 2.35. The number of phosphoric acid groups is 1. The van der Waals surface area contributed by atoms with Crippen molar-refractivity contribution in [2.24, 2.45) is 0 Å². The van der Waals surface area contributed by atoms with Gasteiger partial charge < -0.3 is 24.4 Å². The van der Waals surface area contributed by atoms with Gasteiger partial charge in [-0.2, -0.15) is 0 Å². The van der Waals surface area contributed by atoms with E-state index in [2.05, 4.69) is 30.5 Å². The minimum Gasteiger partial charge on any atom is -0.462 e. The molecule has 0 aromatic rings. The lowest BCUT2D eigenvalue weighted by Gasteiger charge is -2.18. The fourth-order valence-electron chi connectivity index (χ4n) is 4.26. The van der Waals surface area contributed by atoms with E-state index >= 15 is 0 Å². The van der Waals surface area contributed by atoms with Crippen molar-refractivity contribution >= 4 is 19.8 Å². The van der Waals surface area contributed by atoms with Crippen molar-refractivity contribution in [2.75, 3.05) is 13.2 Å². The minimum atomic E-state index is -4.79. The predicted octanol–water partition coefficient (Wildman–Crippen LogP) is 8.03. The van der Waals surface area contributed by atoms with Crippen molar-refractivity contribution < 1.29 is 43.0 Å². The molecule has 0 amide bonds. The first kappa shape index (κ1) is 41.2. The Morgan fingerprint density at radius 3 is 1.98 bits per heavy atom. The molecule has 1 unspecified atom stereocenters. The molecule has 0 fully saturated rings. The van der Waals surface area contributed by atoms with Crippen LogP contribution >= 0.6 is 7.82 Å². The number of aliphatic hydroxyl groups is 1. The van der Waals surface area contributed by atoms with E-state index in [1.165, 1.54) is 57.8 Å². The maximum absolute atomic E-state index is 12.3. The van der Waals surface area contributed by atoms with Crippen LogP contribution in [0.15, 0.2) is 36.5 Å². The molecule has 0 radical (unpaired) electrons. The molecule has 0 aliphatic rings. The number of carbonyl (C=O) groups excluding carboxylic acids is 2. The second-order valence-electron chi connectivity index (χ2n) is 11.0. The third kappa shape index (κ3) is 31.5. The minimum absolute atomic E-state index is 0.0114. The van der Waals surface area contributed by atoms with E-state index in [9.17, 15) is 19.3 Å². The molecule has 0 bridgehead atoms. The zero-order valence-corrected chi connectivity index (χ0v) is 27.6. The Morgan fingerprint density at radius 1 is 0.721 bits per heavy atom. The molecular weight excluding hydrogens is 571 g/mol. The van der Waals surface area contributed by atoms with Crippen molar-refractivity contribution in [1.29, 1.82) is 0 Å². The topological polar surface area (TPSA) is 140 Å². The number of allylic oxidation sites excluding steroid dienone is 5. The maximum atomic E-state index is 12.3. The van der Waals surface area contributed by atoms with Gasteiger partial charge in [-0.1, -0.05) is 121 Å². The van der Waals surface area contributed by atoms with Crippen LogP contribution in [0.25, 0.3) is 0 Å². The molecule has 0 rings (SSSR count). The highest BCUT2D eigenvalue weighted by atomic mass is 31.2. The van der Waals surface area contributed by atoms with Gasteiger partial charge in [0.25, 0.3) is 0 Å². The lowest BCUT2D eigenvalue weighted by Crippen LogP contribution is -2.29. The molecule has 0 saturated heterocycles. The predicted molar refractivity (Wildman–Crippen MR) is 171 cm³/mol. The molecule has 0 spiro atoms. The highest BCUT2D eigenvalue weighted by Gasteiger charge is 2.23. The number of carbonyl (C=O) groups is 2. The van der Waals surface area contributed by atoms with Gasteiger partial charge in [-0.3, -0.25) is 14.1 Å². The zero-order valence-electron chi connectivity index (χ0n) is 26.7. The summed E-state index contributed by atoms with van der Waals surface area (Å²) in [5.74, 6) is -1.09. The van der Waals surface area contributed by atoms with Crippen molar-refractivity contribution in [3.8, 4) is 0 Å². The molecule has 43 heavy (non-hydrogen) atoms. The molecule has 2 atom stereocenters. The van der Waals surface area contributed by atoms with Gasteiger partial charge in [0.15, 0.2) is 6.10 Å². The van der Waals surface area contributed by atoms with Crippen molar-refractivity contribution in [2.45, 2.75) is 148 Å². The van der Waals surface area contributed by atoms with Crippen LogP contribution < -0.4 is 0 Å². The Morgan fingerprint density at radius 2 is 1.33 bits per heavy atom. The van der Waals surface area contributed by atoms with Crippen molar-refractivity contribution in [1.82, 2.24) is 0 Å². The van der Waals surface area contributed by atoms with Crippen molar-refractivity contribution in [3.63, 3.8) is 0 Å². The number of esters is 2. The molecule has 0 aliphatic carbocycles. The number of hydrogen-bond acceptors (Lipinski definition) is 7. The molecule has 0 saturated carbocycles. The Bertz CT molecular complexity index is 819. The SMILES string of the molecule is CCCCCCCC/C=C/C/C=C/C=C/C(O)CCCC(=O)O[C@H](COC(=O)CCCCCCCCC)COP(=O)(O)O.